The van der Waals surface area contributed by atoms with Crippen molar-refractivity contribution in [2.45, 2.75) is 31.9 Å². The van der Waals surface area contributed by atoms with Crippen molar-refractivity contribution in [2.24, 2.45) is 0 Å². The zero-order chi connectivity index (χ0) is 8.18. The SMILES string of the molecule is Cc1cn2c(n1)COCC21CC1. The number of aromatic nitrogens is 2. The predicted molar refractivity (Wildman–Crippen MR) is 43.8 cm³/mol. The molecule has 3 heteroatoms. The number of hydrogen-bond donors (Lipinski definition) is 0. The molecule has 0 bridgehead atoms. The highest BCUT2D eigenvalue weighted by atomic mass is 16.5. The molecule has 1 saturated carbocycles. The van der Waals surface area contributed by atoms with Crippen LogP contribution < -0.4 is 0 Å². The maximum atomic E-state index is 5.50. The van der Waals surface area contributed by atoms with Crippen molar-refractivity contribution in [1.29, 1.82) is 0 Å². The number of nitrogens with zero attached hydrogens (tertiary/aromatic N) is 2. The first-order valence-corrected chi connectivity index (χ1v) is 4.43. The fraction of sp³-hybridized carbons (Fsp3) is 0.667. The van der Waals surface area contributed by atoms with Gasteiger partial charge in [-0.2, -0.15) is 0 Å². The van der Waals surface area contributed by atoms with Gasteiger partial charge in [-0.15, -0.1) is 0 Å². The summed E-state index contributed by atoms with van der Waals surface area (Å²) in [7, 11) is 0. The zero-order valence-electron chi connectivity index (χ0n) is 7.21. The van der Waals surface area contributed by atoms with Crippen LogP contribution in [0, 0.1) is 6.92 Å². The smallest absolute Gasteiger partial charge is 0.135 e. The van der Waals surface area contributed by atoms with Crippen LogP contribution in [0.3, 0.4) is 0 Å². The van der Waals surface area contributed by atoms with Crippen LogP contribution in [0.25, 0.3) is 0 Å². The first-order valence-electron chi connectivity index (χ1n) is 4.43. The Hall–Kier alpha value is -0.830. The summed E-state index contributed by atoms with van der Waals surface area (Å²) in [6.07, 6.45) is 4.68. The number of hydrogen-bond acceptors (Lipinski definition) is 2. The number of imidazole rings is 1. The normalized spacial score (nSPS) is 24.1. The molecule has 1 fully saturated rings. The van der Waals surface area contributed by atoms with Crippen molar-refractivity contribution in [3.63, 3.8) is 0 Å². The molecule has 0 saturated heterocycles. The van der Waals surface area contributed by atoms with E-state index in [1.165, 1.54) is 12.8 Å². The fourth-order valence-electron chi connectivity index (χ4n) is 1.99. The molecular weight excluding hydrogens is 152 g/mol. The van der Waals surface area contributed by atoms with Crippen LogP contribution in [0.2, 0.25) is 0 Å². The summed E-state index contributed by atoms with van der Waals surface area (Å²) in [5.74, 6) is 1.11. The van der Waals surface area contributed by atoms with Gasteiger partial charge in [0.05, 0.1) is 17.8 Å². The Bertz CT molecular complexity index is 325. The van der Waals surface area contributed by atoms with E-state index in [9.17, 15) is 0 Å². The topological polar surface area (TPSA) is 27.1 Å². The standard InChI is InChI=1S/C9H12N2O/c1-7-4-11-8(10-7)5-12-6-9(11)2-3-9/h4H,2-3,5-6H2,1H3. The third-order valence-electron chi connectivity index (χ3n) is 2.84. The van der Waals surface area contributed by atoms with Crippen LogP contribution >= 0.6 is 0 Å². The van der Waals surface area contributed by atoms with E-state index in [0.29, 0.717) is 12.1 Å². The molecule has 1 aliphatic heterocycles. The molecule has 1 aromatic heterocycles. The van der Waals surface area contributed by atoms with Gasteiger partial charge in [0.15, 0.2) is 0 Å². The van der Waals surface area contributed by atoms with E-state index in [2.05, 4.69) is 15.7 Å². The fourth-order valence-corrected chi connectivity index (χ4v) is 1.99. The molecule has 0 N–H and O–H groups in total. The van der Waals surface area contributed by atoms with Gasteiger partial charge >= 0.3 is 0 Å². The van der Waals surface area contributed by atoms with E-state index in [1.807, 2.05) is 6.92 Å². The molecule has 1 aliphatic carbocycles. The molecule has 0 unspecified atom stereocenters. The summed E-state index contributed by atoms with van der Waals surface area (Å²) >= 11 is 0. The van der Waals surface area contributed by atoms with E-state index in [0.717, 1.165) is 18.1 Å². The summed E-state index contributed by atoms with van der Waals surface area (Å²) in [4.78, 5) is 4.42. The summed E-state index contributed by atoms with van der Waals surface area (Å²) in [6, 6.07) is 0. The maximum absolute atomic E-state index is 5.50. The molecule has 3 nitrogen and oxygen atoms in total. The second kappa shape index (κ2) is 1.91. The number of rotatable bonds is 0. The van der Waals surface area contributed by atoms with E-state index < -0.39 is 0 Å². The summed E-state index contributed by atoms with van der Waals surface area (Å²) in [5.41, 5.74) is 1.43. The van der Waals surface area contributed by atoms with Crippen LogP contribution in [0.1, 0.15) is 24.4 Å². The van der Waals surface area contributed by atoms with E-state index in [4.69, 9.17) is 4.74 Å². The second-order valence-corrected chi connectivity index (χ2v) is 3.89. The zero-order valence-corrected chi connectivity index (χ0v) is 7.21. The molecule has 0 amide bonds. The van der Waals surface area contributed by atoms with Crippen molar-refractivity contribution in [2.75, 3.05) is 6.61 Å². The molecule has 2 aliphatic rings. The number of fused-ring (bicyclic) bond motifs is 2. The molecule has 0 atom stereocenters. The number of aryl methyl sites for hydroxylation is 1. The lowest BCUT2D eigenvalue weighted by molar-refractivity contribution is 0.0446. The lowest BCUT2D eigenvalue weighted by Gasteiger charge is -2.24. The van der Waals surface area contributed by atoms with Crippen molar-refractivity contribution in [1.82, 2.24) is 9.55 Å². The Labute approximate surface area is 71.4 Å². The third-order valence-corrected chi connectivity index (χ3v) is 2.84. The first-order chi connectivity index (χ1) is 5.80. The Balaban J connectivity index is 2.15. The molecule has 1 aromatic rings. The molecule has 1 spiro atoms. The average Bonchev–Trinajstić information content (AvgIpc) is 2.68. The lowest BCUT2D eigenvalue weighted by atomic mass is 10.2. The van der Waals surface area contributed by atoms with Crippen LogP contribution in [0.5, 0.6) is 0 Å². The molecular formula is C9H12N2O. The molecule has 64 valence electrons. The minimum absolute atomic E-state index is 0.314. The van der Waals surface area contributed by atoms with Gasteiger partial charge in [-0.25, -0.2) is 4.98 Å². The van der Waals surface area contributed by atoms with Crippen molar-refractivity contribution >= 4 is 0 Å². The summed E-state index contributed by atoms with van der Waals surface area (Å²) in [6.45, 7) is 3.62. The van der Waals surface area contributed by atoms with Gasteiger partial charge in [-0.3, -0.25) is 0 Å². The van der Waals surface area contributed by atoms with Crippen molar-refractivity contribution in [3.05, 3.63) is 17.7 Å². The van der Waals surface area contributed by atoms with Crippen LogP contribution in [0.15, 0.2) is 6.20 Å². The average molecular weight is 164 g/mol. The highest BCUT2D eigenvalue weighted by Gasteiger charge is 2.47. The Morgan fingerprint density at radius 2 is 2.42 bits per heavy atom. The van der Waals surface area contributed by atoms with E-state index >= 15 is 0 Å². The second-order valence-electron chi connectivity index (χ2n) is 3.89. The lowest BCUT2D eigenvalue weighted by Crippen LogP contribution is -2.29. The molecule has 12 heavy (non-hydrogen) atoms. The van der Waals surface area contributed by atoms with Crippen LogP contribution in [-0.2, 0) is 16.9 Å². The highest BCUT2D eigenvalue weighted by Crippen LogP contribution is 2.46. The van der Waals surface area contributed by atoms with Gasteiger partial charge in [0, 0.05) is 6.20 Å². The van der Waals surface area contributed by atoms with E-state index in [1.54, 1.807) is 0 Å². The third kappa shape index (κ3) is 0.719. The largest absolute Gasteiger partial charge is 0.371 e. The van der Waals surface area contributed by atoms with Crippen LogP contribution in [0.4, 0.5) is 0 Å². The summed E-state index contributed by atoms with van der Waals surface area (Å²) < 4.78 is 7.83. The minimum atomic E-state index is 0.314. The molecule has 2 heterocycles. The predicted octanol–water partition coefficient (Wildman–Crippen LogP) is 1.21. The molecule has 0 radical (unpaired) electrons. The Morgan fingerprint density at radius 1 is 1.58 bits per heavy atom. The van der Waals surface area contributed by atoms with Crippen molar-refractivity contribution < 1.29 is 4.74 Å². The minimum Gasteiger partial charge on any atom is -0.371 e. The molecule has 3 rings (SSSR count). The molecule has 0 aromatic carbocycles. The first kappa shape index (κ1) is 6.66. The van der Waals surface area contributed by atoms with Gasteiger partial charge in [0.25, 0.3) is 0 Å². The number of ether oxygens (including phenoxy) is 1. The Morgan fingerprint density at radius 3 is 3.17 bits per heavy atom. The van der Waals surface area contributed by atoms with Gasteiger partial charge in [0.1, 0.15) is 12.4 Å². The summed E-state index contributed by atoms with van der Waals surface area (Å²) in [5, 5.41) is 0. The van der Waals surface area contributed by atoms with Gasteiger partial charge in [-0.1, -0.05) is 0 Å². The van der Waals surface area contributed by atoms with E-state index in [-0.39, 0.29) is 0 Å². The van der Waals surface area contributed by atoms with Crippen molar-refractivity contribution in [3.8, 4) is 0 Å². The van der Waals surface area contributed by atoms with Gasteiger partial charge in [-0.05, 0) is 19.8 Å². The highest BCUT2D eigenvalue weighted by molar-refractivity contribution is 5.14. The van der Waals surface area contributed by atoms with Gasteiger partial charge < -0.3 is 9.30 Å². The maximum Gasteiger partial charge on any atom is 0.135 e. The van der Waals surface area contributed by atoms with Gasteiger partial charge in [0.2, 0.25) is 0 Å². The monoisotopic (exact) mass is 164 g/mol. The Kier molecular flexibility index (Phi) is 1.06. The van der Waals surface area contributed by atoms with Crippen LogP contribution in [-0.4, -0.2) is 16.2 Å². The quantitative estimate of drug-likeness (QED) is 0.576.